The van der Waals surface area contributed by atoms with Gasteiger partial charge in [0.1, 0.15) is 5.65 Å². The number of hydrogen-bond donors (Lipinski definition) is 3. The number of imidazole rings is 1. The third-order valence-corrected chi connectivity index (χ3v) is 5.08. The van der Waals surface area contributed by atoms with E-state index >= 15 is 0 Å². The molecular weight excluding hydrogens is 354 g/mol. The van der Waals surface area contributed by atoms with Crippen molar-refractivity contribution in [3.63, 3.8) is 0 Å². The number of pyridine rings is 1. The summed E-state index contributed by atoms with van der Waals surface area (Å²) in [6.45, 7) is 0.739. The van der Waals surface area contributed by atoms with E-state index in [-0.39, 0.29) is 11.9 Å². The number of carbonyl (C=O) groups excluding carboxylic acids is 2. The minimum Gasteiger partial charge on any atom is -0.352 e. The van der Waals surface area contributed by atoms with E-state index < -0.39 is 0 Å². The summed E-state index contributed by atoms with van der Waals surface area (Å²) in [5.74, 6) is 0.534. The highest BCUT2D eigenvalue weighted by Crippen LogP contribution is 2.23. The molecular formula is C21H23N5O2. The van der Waals surface area contributed by atoms with Gasteiger partial charge in [0.05, 0.1) is 5.69 Å². The summed E-state index contributed by atoms with van der Waals surface area (Å²) in [5.41, 5.74) is 2.68. The van der Waals surface area contributed by atoms with E-state index in [4.69, 9.17) is 0 Å². The van der Waals surface area contributed by atoms with E-state index in [2.05, 4.69) is 20.9 Å². The molecule has 0 bridgehead atoms. The van der Waals surface area contributed by atoms with Crippen LogP contribution in [0.15, 0.2) is 55.0 Å². The molecule has 1 aromatic carbocycles. The highest BCUT2D eigenvalue weighted by Gasteiger charge is 2.16. The number of rotatable bonds is 5. The summed E-state index contributed by atoms with van der Waals surface area (Å²) in [6, 6.07) is 10.2. The minimum absolute atomic E-state index is 0.0727. The van der Waals surface area contributed by atoms with Crippen LogP contribution >= 0.6 is 0 Å². The topological polar surface area (TPSA) is 87.5 Å². The van der Waals surface area contributed by atoms with Crippen LogP contribution in [0.5, 0.6) is 0 Å². The fourth-order valence-corrected chi connectivity index (χ4v) is 3.55. The van der Waals surface area contributed by atoms with Crippen LogP contribution in [0.25, 0.3) is 5.65 Å². The molecule has 1 saturated carbocycles. The normalized spacial score (nSPS) is 14.1. The van der Waals surface area contributed by atoms with Crippen molar-refractivity contribution in [2.45, 2.75) is 25.7 Å². The molecule has 2 aromatic heterocycles. The molecule has 1 aliphatic carbocycles. The monoisotopic (exact) mass is 377 g/mol. The Morgan fingerprint density at radius 2 is 1.71 bits per heavy atom. The third-order valence-electron chi connectivity index (χ3n) is 5.08. The van der Waals surface area contributed by atoms with Crippen molar-refractivity contribution < 1.29 is 9.59 Å². The van der Waals surface area contributed by atoms with E-state index in [1.54, 1.807) is 42.7 Å². The van der Waals surface area contributed by atoms with Crippen LogP contribution in [-0.2, 0) is 0 Å². The predicted molar refractivity (Wildman–Crippen MR) is 109 cm³/mol. The van der Waals surface area contributed by atoms with Gasteiger partial charge in [-0.1, -0.05) is 12.8 Å². The number of urea groups is 1. The molecule has 2 heterocycles. The zero-order chi connectivity index (χ0) is 19.3. The molecule has 0 radical (unpaired) electrons. The van der Waals surface area contributed by atoms with E-state index in [9.17, 15) is 9.59 Å². The fraction of sp³-hybridized carbons (Fsp3) is 0.286. The largest absolute Gasteiger partial charge is 0.352 e. The lowest BCUT2D eigenvalue weighted by molar-refractivity contribution is 0.0947. The summed E-state index contributed by atoms with van der Waals surface area (Å²) in [7, 11) is 0. The fourth-order valence-electron chi connectivity index (χ4n) is 3.55. The van der Waals surface area contributed by atoms with Crippen LogP contribution in [-0.4, -0.2) is 27.9 Å². The van der Waals surface area contributed by atoms with Crippen LogP contribution in [0.1, 0.15) is 36.0 Å². The number of carbonyl (C=O) groups is 2. The Morgan fingerprint density at radius 3 is 2.50 bits per heavy atom. The second-order valence-corrected chi connectivity index (χ2v) is 7.13. The van der Waals surface area contributed by atoms with Crippen molar-refractivity contribution in [3.05, 3.63) is 60.6 Å². The van der Waals surface area contributed by atoms with Gasteiger partial charge in [-0.15, -0.1) is 0 Å². The first-order valence-corrected chi connectivity index (χ1v) is 9.56. The highest BCUT2D eigenvalue weighted by atomic mass is 16.2. The summed E-state index contributed by atoms with van der Waals surface area (Å²) in [6.07, 6.45) is 10.2. The van der Waals surface area contributed by atoms with Crippen molar-refractivity contribution in [2.75, 3.05) is 17.2 Å². The first-order chi connectivity index (χ1) is 13.7. The Morgan fingerprint density at radius 1 is 1.00 bits per heavy atom. The van der Waals surface area contributed by atoms with Gasteiger partial charge < -0.3 is 20.4 Å². The second kappa shape index (κ2) is 8.12. The first-order valence-electron chi connectivity index (χ1n) is 9.56. The van der Waals surface area contributed by atoms with Crippen molar-refractivity contribution in [1.82, 2.24) is 14.7 Å². The maximum Gasteiger partial charge on any atom is 0.323 e. The zero-order valence-electron chi connectivity index (χ0n) is 15.5. The number of nitrogens with one attached hydrogen (secondary N) is 3. The summed E-state index contributed by atoms with van der Waals surface area (Å²) < 4.78 is 1.83. The van der Waals surface area contributed by atoms with Crippen LogP contribution in [0.3, 0.4) is 0 Å². The minimum atomic E-state index is -0.349. The average molecular weight is 377 g/mol. The van der Waals surface area contributed by atoms with Crippen LogP contribution in [0.4, 0.5) is 16.2 Å². The smallest absolute Gasteiger partial charge is 0.323 e. The number of aromatic nitrogens is 2. The highest BCUT2D eigenvalue weighted by molar-refractivity contribution is 6.00. The molecule has 0 saturated heterocycles. The molecule has 0 spiro atoms. The molecule has 7 heteroatoms. The van der Waals surface area contributed by atoms with Gasteiger partial charge in [-0.2, -0.15) is 0 Å². The number of amides is 3. The number of benzene rings is 1. The van der Waals surface area contributed by atoms with Gasteiger partial charge in [0.2, 0.25) is 0 Å². The molecule has 0 unspecified atom stereocenters. The van der Waals surface area contributed by atoms with Gasteiger partial charge in [0.25, 0.3) is 5.91 Å². The van der Waals surface area contributed by atoms with Crippen molar-refractivity contribution in [1.29, 1.82) is 0 Å². The number of anilines is 2. The van der Waals surface area contributed by atoms with E-state index in [0.717, 1.165) is 12.2 Å². The lowest BCUT2D eigenvalue weighted by Gasteiger charge is -2.11. The molecule has 144 valence electrons. The zero-order valence-corrected chi connectivity index (χ0v) is 15.5. The van der Waals surface area contributed by atoms with Gasteiger partial charge >= 0.3 is 6.03 Å². The van der Waals surface area contributed by atoms with Crippen molar-refractivity contribution >= 4 is 29.0 Å². The third kappa shape index (κ3) is 4.31. The lowest BCUT2D eigenvalue weighted by atomic mass is 10.1. The van der Waals surface area contributed by atoms with Crippen LogP contribution < -0.4 is 16.0 Å². The Labute approximate surface area is 163 Å². The first kappa shape index (κ1) is 18.0. The van der Waals surface area contributed by atoms with E-state index in [1.165, 1.54) is 25.7 Å². The maximum atomic E-state index is 12.2. The average Bonchev–Trinajstić information content (AvgIpc) is 3.38. The molecule has 3 aromatic rings. The van der Waals surface area contributed by atoms with Gasteiger partial charge in [-0.25, -0.2) is 9.78 Å². The van der Waals surface area contributed by atoms with E-state index in [1.807, 2.05) is 16.7 Å². The molecule has 3 N–H and O–H groups in total. The Hall–Kier alpha value is -3.35. The SMILES string of the molecule is O=C(Nc1ccc(C(=O)NCC2CCCC2)cc1)Nc1ccc2nccn2c1. The van der Waals surface area contributed by atoms with Gasteiger partial charge in [-0.05, 0) is 55.2 Å². The molecule has 1 fully saturated rings. The van der Waals surface area contributed by atoms with E-state index in [0.29, 0.717) is 22.9 Å². The quantitative estimate of drug-likeness (QED) is 0.630. The van der Waals surface area contributed by atoms with Gasteiger partial charge in [-0.3, -0.25) is 4.79 Å². The predicted octanol–water partition coefficient (Wildman–Crippen LogP) is 3.90. The molecule has 1 aliphatic rings. The van der Waals surface area contributed by atoms with Gasteiger partial charge in [0, 0.05) is 36.4 Å². The molecule has 28 heavy (non-hydrogen) atoms. The Kier molecular flexibility index (Phi) is 5.23. The molecule has 0 aliphatic heterocycles. The standard InChI is InChI=1S/C21H23N5O2/c27-20(23-13-15-3-1-2-4-15)16-5-7-17(8-6-16)24-21(28)25-18-9-10-19-22-11-12-26(19)14-18/h5-12,14-15H,1-4,13H2,(H,23,27)(H2,24,25,28). The summed E-state index contributed by atoms with van der Waals surface area (Å²) in [5, 5.41) is 8.55. The molecule has 3 amide bonds. The maximum absolute atomic E-state index is 12.2. The van der Waals surface area contributed by atoms with Gasteiger partial charge in [0.15, 0.2) is 0 Å². The Balaban J connectivity index is 1.30. The second-order valence-electron chi connectivity index (χ2n) is 7.13. The molecule has 0 atom stereocenters. The molecule has 7 nitrogen and oxygen atoms in total. The lowest BCUT2D eigenvalue weighted by Crippen LogP contribution is -2.28. The molecule has 4 rings (SSSR count). The number of fused-ring (bicyclic) bond motifs is 1. The van der Waals surface area contributed by atoms with Crippen molar-refractivity contribution in [2.24, 2.45) is 5.92 Å². The van der Waals surface area contributed by atoms with Crippen LogP contribution in [0.2, 0.25) is 0 Å². The van der Waals surface area contributed by atoms with Crippen molar-refractivity contribution in [3.8, 4) is 0 Å². The summed E-state index contributed by atoms with van der Waals surface area (Å²) >= 11 is 0. The Bertz CT molecular complexity index is 974. The summed E-state index contributed by atoms with van der Waals surface area (Å²) in [4.78, 5) is 28.6. The number of hydrogen-bond acceptors (Lipinski definition) is 3. The number of nitrogens with zero attached hydrogens (tertiary/aromatic N) is 2. The van der Waals surface area contributed by atoms with Crippen LogP contribution in [0, 0.1) is 5.92 Å².